The van der Waals surface area contributed by atoms with Crippen LogP contribution >= 0.6 is 0 Å². The predicted octanol–water partition coefficient (Wildman–Crippen LogP) is 4.51. The molecule has 0 spiro atoms. The zero-order chi connectivity index (χ0) is 12.4. The van der Waals surface area contributed by atoms with E-state index in [2.05, 4.69) is 20.8 Å². The van der Waals surface area contributed by atoms with Crippen LogP contribution in [0.1, 0.15) is 59.3 Å². The summed E-state index contributed by atoms with van der Waals surface area (Å²) in [6, 6.07) is 0. The first-order chi connectivity index (χ1) is 8.10. The number of ether oxygens (including phenoxy) is 1. The van der Waals surface area contributed by atoms with Crippen molar-refractivity contribution in [1.29, 1.82) is 0 Å². The lowest BCUT2D eigenvalue weighted by Crippen LogP contribution is -2.34. The Morgan fingerprint density at radius 3 is 2.24 bits per heavy atom. The standard InChI is InChI=1S/C16H30O/c1-11(2)14-6-5-13(8-14)7-12(3)15-9-16(10-15)17-4/h11-16H,5-10H2,1-4H3. The highest BCUT2D eigenvalue weighted by Crippen LogP contribution is 2.43. The van der Waals surface area contributed by atoms with Gasteiger partial charge >= 0.3 is 0 Å². The van der Waals surface area contributed by atoms with Crippen molar-refractivity contribution in [3.8, 4) is 0 Å². The van der Waals surface area contributed by atoms with E-state index in [1.54, 1.807) is 0 Å². The van der Waals surface area contributed by atoms with Crippen LogP contribution in [0.25, 0.3) is 0 Å². The summed E-state index contributed by atoms with van der Waals surface area (Å²) in [4.78, 5) is 0. The van der Waals surface area contributed by atoms with E-state index in [0.717, 1.165) is 29.6 Å². The predicted molar refractivity (Wildman–Crippen MR) is 73.0 cm³/mol. The Morgan fingerprint density at radius 2 is 1.71 bits per heavy atom. The number of hydrogen-bond acceptors (Lipinski definition) is 1. The fourth-order valence-electron chi connectivity index (χ4n) is 3.91. The summed E-state index contributed by atoms with van der Waals surface area (Å²) in [6.07, 6.45) is 9.17. The largest absolute Gasteiger partial charge is 0.381 e. The summed E-state index contributed by atoms with van der Waals surface area (Å²) in [7, 11) is 1.86. The van der Waals surface area contributed by atoms with Crippen molar-refractivity contribution < 1.29 is 4.74 Å². The molecule has 3 unspecified atom stereocenters. The van der Waals surface area contributed by atoms with Crippen molar-refractivity contribution in [2.24, 2.45) is 29.6 Å². The molecule has 0 radical (unpaired) electrons. The van der Waals surface area contributed by atoms with Gasteiger partial charge in [0.05, 0.1) is 6.10 Å². The van der Waals surface area contributed by atoms with Gasteiger partial charge in [0.15, 0.2) is 0 Å². The topological polar surface area (TPSA) is 9.23 Å². The summed E-state index contributed by atoms with van der Waals surface area (Å²) in [5.41, 5.74) is 0. The van der Waals surface area contributed by atoms with Gasteiger partial charge in [-0.2, -0.15) is 0 Å². The average Bonchev–Trinajstić information content (AvgIpc) is 2.64. The van der Waals surface area contributed by atoms with E-state index in [-0.39, 0.29) is 0 Å². The van der Waals surface area contributed by atoms with Crippen molar-refractivity contribution >= 4 is 0 Å². The van der Waals surface area contributed by atoms with Gasteiger partial charge in [-0.3, -0.25) is 0 Å². The molecule has 0 saturated heterocycles. The Hall–Kier alpha value is -0.0400. The fourth-order valence-corrected chi connectivity index (χ4v) is 3.91. The Morgan fingerprint density at radius 1 is 1.00 bits per heavy atom. The second-order valence-electron chi connectivity index (χ2n) is 6.99. The van der Waals surface area contributed by atoms with E-state index in [4.69, 9.17) is 4.74 Å². The lowest BCUT2D eigenvalue weighted by Gasteiger charge is -2.39. The van der Waals surface area contributed by atoms with Crippen LogP contribution in [0.2, 0.25) is 0 Å². The molecule has 0 bridgehead atoms. The zero-order valence-corrected chi connectivity index (χ0v) is 12.1. The van der Waals surface area contributed by atoms with Gasteiger partial charge in [0.1, 0.15) is 0 Å². The maximum Gasteiger partial charge on any atom is 0.0576 e. The van der Waals surface area contributed by atoms with Gasteiger partial charge in [-0.15, -0.1) is 0 Å². The Kier molecular flexibility index (Phi) is 4.52. The molecule has 2 fully saturated rings. The van der Waals surface area contributed by atoms with Crippen molar-refractivity contribution in [2.45, 2.75) is 65.4 Å². The zero-order valence-electron chi connectivity index (χ0n) is 12.1. The lowest BCUT2D eigenvalue weighted by molar-refractivity contribution is -0.0211. The maximum absolute atomic E-state index is 5.39. The molecule has 0 amide bonds. The third-order valence-electron chi connectivity index (χ3n) is 5.50. The van der Waals surface area contributed by atoms with Crippen molar-refractivity contribution in [3.63, 3.8) is 0 Å². The fraction of sp³-hybridized carbons (Fsp3) is 1.00. The minimum atomic E-state index is 0.578. The monoisotopic (exact) mass is 238 g/mol. The molecule has 3 atom stereocenters. The highest BCUT2D eigenvalue weighted by Gasteiger charge is 2.35. The van der Waals surface area contributed by atoms with Crippen LogP contribution in [-0.4, -0.2) is 13.2 Å². The maximum atomic E-state index is 5.39. The summed E-state index contributed by atoms with van der Waals surface area (Å²) < 4.78 is 5.39. The van der Waals surface area contributed by atoms with E-state index in [1.807, 2.05) is 7.11 Å². The Bertz CT molecular complexity index is 230. The van der Waals surface area contributed by atoms with E-state index in [1.165, 1.54) is 38.5 Å². The van der Waals surface area contributed by atoms with Gasteiger partial charge in [0.25, 0.3) is 0 Å². The minimum Gasteiger partial charge on any atom is -0.381 e. The number of rotatable bonds is 5. The molecule has 0 aromatic heterocycles. The Balaban J connectivity index is 1.68. The molecule has 2 saturated carbocycles. The normalized spacial score (nSPS) is 39.4. The van der Waals surface area contributed by atoms with Gasteiger partial charge < -0.3 is 4.74 Å². The van der Waals surface area contributed by atoms with Crippen LogP contribution < -0.4 is 0 Å². The van der Waals surface area contributed by atoms with Gasteiger partial charge in [-0.05, 0) is 61.7 Å². The SMILES string of the molecule is COC1CC(C(C)CC2CCC(C(C)C)C2)C1. The first-order valence-corrected chi connectivity index (χ1v) is 7.63. The lowest BCUT2D eigenvalue weighted by atomic mass is 9.71. The molecule has 1 heteroatoms. The number of methoxy groups -OCH3 is 1. The van der Waals surface area contributed by atoms with Gasteiger partial charge in [0, 0.05) is 7.11 Å². The molecule has 0 aromatic carbocycles. The van der Waals surface area contributed by atoms with Crippen LogP contribution in [0, 0.1) is 29.6 Å². The van der Waals surface area contributed by atoms with E-state index in [0.29, 0.717) is 6.10 Å². The highest BCUT2D eigenvalue weighted by molar-refractivity contribution is 4.86. The average molecular weight is 238 g/mol. The van der Waals surface area contributed by atoms with Crippen LogP contribution in [0.5, 0.6) is 0 Å². The third-order valence-corrected chi connectivity index (χ3v) is 5.50. The summed E-state index contributed by atoms with van der Waals surface area (Å²) >= 11 is 0. The smallest absolute Gasteiger partial charge is 0.0576 e. The van der Waals surface area contributed by atoms with Crippen LogP contribution in [-0.2, 0) is 4.74 Å². The van der Waals surface area contributed by atoms with Crippen molar-refractivity contribution in [2.75, 3.05) is 7.11 Å². The molecule has 2 aliphatic carbocycles. The molecular weight excluding hydrogens is 208 g/mol. The number of hydrogen-bond donors (Lipinski definition) is 0. The first-order valence-electron chi connectivity index (χ1n) is 7.63. The second kappa shape index (κ2) is 5.73. The van der Waals surface area contributed by atoms with Crippen LogP contribution in [0.3, 0.4) is 0 Å². The molecule has 0 aromatic rings. The van der Waals surface area contributed by atoms with E-state index in [9.17, 15) is 0 Å². The quantitative estimate of drug-likeness (QED) is 0.684. The molecule has 0 aliphatic heterocycles. The summed E-state index contributed by atoms with van der Waals surface area (Å²) in [6.45, 7) is 7.26. The molecule has 2 rings (SSSR count). The minimum absolute atomic E-state index is 0.578. The molecule has 100 valence electrons. The molecule has 0 heterocycles. The van der Waals surface area contributed by atoms with E-state index < -0.39 is 0 Å². The molecule has 2 aliphatic rings. The van der Waals surface area contributed by atoms with Crippen LogP contribution in [0.15, 0.2) is 0 Å². The van der Waals surface area contributed by atoms with Crippen molar-refractivity contribution in [3.05, 3.63) is 0 Å². The molecular formula is C16H30O. The highest BCUT2D eigenvalue weighted by atomic mass is 16.5. The summed E-state index contributed by atoms with van der Waals surface area (Å²) in [5.74, 6) is 4.83. The molecule has 17 heavy (non-hydrogen) atoms. The van der Waals surface area contributed by atoms with Crippen LogP contribution in [0.4, 0.5) is 0 Å². The first kappa shape index (κ1) is 13.4. The second-order valence-corrected chi connectivity index (χ2v) is 6.99. The molecule has 0 N–H and O–H groups in total. The van der Waals surface area contributed by atoms with Gasteiger partial charge in [-0.25, -0.2) is 0 Å². The van der Waals surface area contributed by atoms with Gasteiger partial charge in [-0.1, -0.05) is 27.2 Å². The van der Waals surface area contributed by atoms with E-state index >= 15 is 0 Å². The van der Waals surface area contributed by atoms with Crippen molar-refractivity contribution in [1.82, 2.24) is 0 Å². The third kappa shape index (κ3) is 3.24. The van der Waals surface area contributed by atoms with Gasteiger partial charge in [0.2, 0.25) is 0 Å². The summed E-state index contributed by atoms with van der Waals surface area (Å²) in [5, 5.41) is 0. The molecule has 1 nitrogen and oxygen atoms in total. The Labute approximate surface area is 107 Å².